The molecule has 1 unspecified atom stereocenters. The summed E-state index contributed by atoms with van der Waals surface area (Å²) in [4.78, 5) is 28.3. The molecule has 1 aliphatic heterocycles. The standard InChI is InChI=1S/C20H23N3O2S/c1-13-17-8-10-26-18(17)7-9-23(13)12-19(24)21-16-4-2-3-14(11-16)20(25)22-15-5-6-15/h2-4,8,10-11,13,15H,5-7,9,12H2,1H3,(H,21,24)(H,22,25). The predicted molar refractivity (Wildman–Crippen MR) is 104 cm³/mol. The Balaban J connectivity index is 1.37. The number of fused-ring (bicyclic) bond motifs is 1. The van der Waals surface area contributed by atoms with Crippen LogP contribution < -0.4 is 10.6 Å². The lowest BCUT2D eigenvalue weighted by Gasteiger charge is -2.32. The van der Waals surface area contributed by atoms with Gasteiger partial charge in [0.2, 0.25) is 5.91 Å². The van der Waals surface area contributed by atoms with E-state index in [-0.39, 0.29) is 17.9 Å². The van der Waals surface area contributed by atoms with Crippen LogP contribution >= 0.6 is 11.3 Å². The summed E-state index contributed by atoms with van der Waals surface area (Å²) >= 11 is 1.80. The lowest BCUT2D eigenvalue weighted by Crippen LogP contribution is -2.39. The molecule has 0 saturated heterocycles. The van der Waals surface area contributed by atoms with Crippen molar-refractivity contribution in [1.29, 1.82) is 0 Å². The fourth-order valence-electron chi connectivity index (χ4n) is 3.40. The van der Waals surface area contributed by atoms with Crippen molar-refractivity contribution in [1.82, 2.24) is 10.2 Å². The smallest absolute Gasteiger partial charge is 0.251 e. The minimum atomic E-state index is -0.0711. The van der Waals surface area contributed by atoms with Gasteiger partial charge in [0.1, 0.15) is 0 Å². The monoisotopic (exact) mass is 369 g/mol. The predicted octanol–water partition coefficient (Wildman–Crippen LogP) is 3.20. The van der Waals surface area contributed by atoms with Crippen LogP contribution in [0.25, 0.3) is 0 Å². The molecular weight excluding hydrogens is 346 g/mol. The number of amides is 2. The fourth-order valence-corrected chi connectivity index (χ4v) is 4.36. The Morgan fingerprint density at radius 1 is 1.27 bits per heavy atom. The third-order valence-corrected chi connectivity index (χ3v) is 6.07. The molecule has 6 heteroatoms. The third-order valence-electron chi connectivity index (χ3n) is 5.07. The minimum Gasteiger partial charge on any atom is -0.349 e. The second-order valence-electron chi connectivity index (χ2n) is 7.07. The molecule has 0 radical (unpaired) electrons. The van der Waals surface area contributed by atoms with E-state index in [1.807, 2.05) is 6.07 Å². The number of benzene rings is 1. The minimum absolute atomic E-state index is 0.0460. The topological polar surface area (TPSA) is 61.4 Å². The molecule has 136 valence electrons. The van der Waals surface area contributed by atoms with E-state index >= 15 is 0 Å². The van der Waals surface area contributed by atoms with E-state index in [2.05, 4.69) is 33.9 Å². The van der Waals surface area contributed by atoms with Gasteiger partial charge < -0.3 is 10.6 Å². The van der Waals surface area contributed by atoms with Crippen molar-refractivity contribution >= 4 is 28.8 Å². The van der Waals surface area contributed by atoms with Crippen LogP contribution in [0.4, 0.5) is 5.69 Å². The van der Waals surface area contributed by atoms with E-state index in [1.54, 1.807) is 29.5 Å². The van der Waals surface area contributed by atoms with Crippen molar-refractivity contribution in [3.05, 3.63) is 51.7 Å². The number of anilines is 1. The van der Waals surface area contributed by atoms with Crippen LogP contribution in [0.15, 0.2) is 35.7 Å². The molecule has 2 aliphatic rings. The lowest BCUT2D eigenvalue weighted by atomic mass is 10.0. The maximum Gasteiger partial charge on any atom is 0.251 e. The second kappa shape index (κ2) is 7.21. The second-order valence-corrected chi connectivity index (χ2v) is 8.07. The first kappa shape index (κ1) is 17.2. The summed E-state index contributed by atoms with van der Waals surface area (Å²) in [5.74, 6) is -0.117. The quantitative estimate of drug-likeness (QED) is 0.851. The molecule has 1 aliphatic carbocycles. The first-order valence-corrected chi connectivity index (χ1v) is 9.99. The van der Waals surface area contributed by atoms with Crippen molar-refractivity contribution in [2.24, 2.45) is 0 Å². The summed E-state index contributed by atoms with van der Waals surface area (Å²) in [7, 11) is 0. The zero-order valence-electron chi connectivity index (χ0n) is 14.8. The molecule has 1 aromatic carbocycles. The van der Waals surface area contributed by atoms with Gasteiger partial charge in [-0.25, -0.2) is 0 Å². The van der Waals surface area contributed by atoms with Crippen molar-refractivity contribution in [2.45, 2.75) is 38.3 Å². The molecule has 2 heterocycles. The third kappa shape index (κ3) is 3.81. The number of carbonyl (C=O) groups is 2. The van der Waals surface area contributed by atoms with Gasteiger partial charge in [-0.15, -0.1) is 11.3 Å². The molecule has 2 amide bonds. The summed E-state index contributed by atoms with van der Waals surface area (Å²) in [6.45, 7) is 3.40. The summed E-state index contributed by atoms with van der Waals surface area (Å²) in [6.07, 6.45) is 3.12. The van der Waals surface area contributed by atoms with E-state index in [0.717, 1.165) is 25.8 Å². The Hall–Kier alpha value is -2.18. The van der Waals surface area contributed by atoms with Crippen molar-refractivity contribution < 1.29 is 9.59 Å². The molecular formula is C20H23N3O2S. The molecule has 0 bridgehead atoms. The average Bonchev–Trinajstić information content (AvgIpc) is 3.30. The normalized spacial score (nSPS) is 19.7. The highest BCUT2D eigenvalue weighted by Gasteiger charge is 2.26. The Morgan fingerprint density at radius 3 is 2.92 bits per heavy atom. The number of rotatable bonds is 5. The van der Waals surface area contributed by atoms with Gasteiger partial charge >= 0.3 is 0 Å². The van der Waals surface area contributed by atoms with Crippen molar-refractivity contribution in [2.75, 3.05) is 18.4 Å². The van der Waals surface area contributed by atoms with Crippen molar-refractivity contribution in [3.63, 3.8) is 0 Å². The van der Waals surface area contributed by atoms with Crippen LogP contribution in [-0.4, -0.2) is 35.8 Å². The number of hydrogen-bond donors (Lipinski definition) is 2. The number of nitrogens with zero attached hydrogens (tertiary/aromatic N) is 1. The lowest BCUT2D eigenvalue weighted by molar-refractivity contribution is -0.117. The number of thiophene rings is 1. The largest absolute Gasteiger partial charge is 0.349 e. The van der Waals surface area contributed by atoms with Crippen LogP contribution in [-0.2, 0) is 11.2 Å². The SMILES string of the molecule is CC1c2ccsc2CCN1CC(=O)Nc1cccc(C(=O)NC2CC2)c1. The van der Waals surface area contributed by atoms with Gasteiger partial charge in [-0.2, -0.15) is 0 Å². The van der Waals surface area contributed by atoms with E-state index < -0.39 is 0 Å². The molecule has 1 fully saturated rings. The summed E-state index contributed by atoms with van der Waals surface area (Å²) in [5, 5.41) is 8.03. The molecule has 2 N–H and O–H groups in total. The Labute approximate surface area is 157 Å². The molecule has 1 atom stereocenters. The van der Waals surface area contributed by atoms with E-state index in [9.17, 15) is 9.59 Å². The Morgan fingerprint density at radius 2 is 2.12 bits per heavy atom. The first-order valence-electron chi connectivity index (χ1n) is 9.11. The number of hydrogen-bond acceptors (Lipinski definition) is 4. The van der Waals surface area contributed by atoms with Crippen LogP contribution in [0.3, 0.4) is 0 Å². The van der Waals surface area contributed by atoms with E-state index in [1.165, 1.54) is 10.4 Å². The van der Waals surface area contributed by atoms with E-state index in [0.29, 0.717) is 23.8 Å². The molecule has 1 aromatic heterocycles. The highest BCUT2D eigenvalue weighted by atomic mass is 32.1. The zero-order valence-corrected chi connectivity index (χ0v) is 15.6. The van der Waals surface area contributed by atoms with Gasteiger partial charge in [0.15, 0.2) is 0 Å². The van der Waals surface area contributed by atoms with E-state index in [4.69, 9.17) is 0 Å². The zero-order chi connectivity index (χ0) is 18.1. The maximum atomic E-state index is 12.5. The van der Waals surface area contributed by atoms with Crippen LogP contribution in [0.5, 0.6) is 0 Å². The molecule has 5 nitrogen and oxygen atoms in total. The summed E-state index contributed by atoms with van der Waals surface area (Å²) in [6, 6.07) is 9.89. The Kier molecular flexibility index (Phi) is 4.78. The molecule has 2 aromatic rings. The first-order chi connectivity index (χ1) is 12.6. The van der Waals surface area contributed by atoms with Crippen molar-refractivity contribution in [3.8, 4) is 0 Å². The highest BCUT2D eigenvalue weighted by molar-refractivity contribution is 7.10. The summed E-state index contributed by atoms with van der Waals surface area (Å²) in [5.41, 5.74) is 2.59. The Bertz CT molecular complexity index is 828. The summed E-state index contributed by atoms with van der Waals surface area (Å²) < 4.78 is 0. The molecule has 4 rings (SSSR count). The highest BCUT2D eigenvalue weighted by Crippen LogP contribution is 2.32. The van der Waals surface area contributed by atoms with Crippen LogP contribution in [0.2, 0.25) is 0 Å². The molecule has 26 heavy (non-hydrogen) atoms. The van der Waals surface area contributed by atoms with Gasteiger partial charge in [-0.05, 0) is 61.4 Å². The van der Waals surface area contributed by atoms with Gasteiger partial charge in [0.05, 0.1) is 6.54 Å². The van der Waals surface area contributed by atoms with Crippen LogP contribution in [0.1, 0.15) is 46.6 Å². The number of carbonyl (C=O) groups excluding carboxylic acids is 2. The van der Waals surface area contributed by atoms with Gasteiger partial charge in [-0.1, -0.05) is 6.07 Å². The maximum absolute atomic E-state index is 12.5. The molecule has 0 spiro atoms. The van der Waals surface area contributed by atoms with Gasteiger partial charge in [-0.3, -0.25) is 14.5 Å². The average molecular weight is 369 g/mol. The van der Waals surface area contributed by atoms with Crippen LogP contribution in [0, 0.1) is 0 Å². The van der Waals surface area contributed by atoms with Gasteiger partial charge in [0, 0.05) is 34.8 Å². The number of nitrogens with one attached hydrogen (secondary N) is 2. The fraction of sp³-hybridized carbons (Fsp3) is 0.400. The van der Waals surface area contributed by atoms with Gasteiger partial charge in [0.25, 0.3) is 5.91 Å². The molecule has 1 saturated carbocycles.